The van der Waals surface area contributed by atoms with Gasteiger partial charge in [-0.3, -0.25) is 0 Å². The Morgan fingerprint density at radius 2 is 1.92 bits per heavy atom. The normalized spacial score (nSPS) is 10.5. The van der Waals surface area contributed by atoms with E-state index in [1.54, 1.807) is 0 Å². The molecule has 0 bridgehead atoms. The average molecular weight is 343 g/mol. The van der Waals surface area contributed by atoms with Crippen LogP contribution in [0.2, 0.25) is 0 Å². The highest BCUT2D eigenvalue weighted by Crippen LogP contribution is 2.37. The monoisotopic (exact) mass is 343 g/mol. The summed E-state index contributed by atoms with van der Waals surface area (Å²) in [7, 11) is 1.38. The number of nitrogens with zero attached hydrogens (tertiary/aromatic N) is 1. The molecule has 0 atom stereocenters. The topological polar surface area (TPSA) is 81.8 Å². The summed E-state index contributed by atoms with van der Waals surface area (Å²) in [4.78, 5) is 10.9. The first-order valence-corrected chi connectivity index (χ1v) is 7.33. The maximum Gasteiger partial charge on any atom is 0.374 e. The molecular formula is C18H14FNO5. The maximum absolute atomic E-state index is 14.9. The van der Waals surface area contributed by atoms with Gasteiger partial charge in [0.1, 0.15) is 18.1 Å². The molecule has 0 saturated carbocycles. The van der Waals surface area contributed by atoms with Crippen LogP contribution in [0.3, 0.4) is 0 Å². The van der Waals surface area contributed by atoms with Crippen LogP contribution in [0.25, 0.3) is 11.3 Å². The summed E-state index contributed by atoms with van der Waals surface area (Å²) in [5, 5.41) is 12.5. The molecule has 1 N–H and O–H groups in total. The fourth-order valence-electron chi connectivity index (χ4n) is 2.29. The quantitative estimate of drug-likeness (QED) is 0.734. The second-order valence-electron chi connectivity index (χ2n) is 5.11. The van der Waals surface area contributed by atoms with Gasteiger partial charge in [-0.15, -0.1) is 0 Å². The molecule has 6 nitrogen and oxygen atoms in total. The molecule has 3 aromatic rings. The SMILES string of the molecule is COc1ccc(OCc2ccccc2)c(F)c1-c1cc(C(=O)O)on1. The number of aromatic carboxylic acids is 1. The smallest absolute Gasteiger partial charge is 0.374 e. The summed E-state index contributed by atoms with van der Waals surface area (Å²) >= 11 is 0. The summed E-state index contributed by atoms with van der Waals surface area (Å²) < 4.78 is 30.3. The van der Waals surface area contributed by atoms with E-state index in [1.807, 2.05) is 30.3 Å². The third kappa shape index (κ3) is 3.45. The van der Waals surface area contributed by atoms with Crippen LogP contribution in [0, 0.1) is 5.82 Å². The van der Waals surface area contributed by atoms with Gasteiger partial charge >= 0.3 is 5.97 Å². The standard InChI is InChI=1S/C18H14FNO5/c1-23-13-7-8-14(24-10-11-5-3-2-4-6-11)17(19)16(13)12-9-15(18(21)22)25-20-12/h2-9H,10H2,1H3,(H,21,22). The van der Waals surface area contributed by atoms with Gasteiger partial charge in [-0.25, -0.2) is 9.18 Å². The number of carboxylic acids is 1. The van der Waals surface area contributed by atoms with E-state index in [0.717, 1.165) is 11.6 Å². The van der Waals surface area contributed by atoms with Crippen molar-refractivity contribution >= 4 is 5.97 Å². The molecule has 7 heteroatoms. The Bertz CT molecular complexity index is 892. The second-order valence-corrected chi connectivity index (χ2v) is 5.11. The van der Waals surface area contributed by atoms with Gasteiger partial charge in [0.2, 0.25) is 5.76 Å². The van der Waals surface area contributed by atoms with Crippen molar-refractivity contribution < 1.29 is 28.3 Å². The van der Waals surface area contributed by atoms with Crippen molar-refractivity contribution in [2.45, 2.75) is 6.61 Å². The van der Waals surface area contributed by atoms with E-state index in [4.69, 9.17) is 19.1 Å². The van der Waals surface area contributed by atoms with Gasteiger partial charge < -0.3 is 19.1 Å². The highest BCUT2D eigenvalue weighted by molar-refractivity contribution is 5.86. The number of carbonyl (C=O) groups is 1. The molecule has 0 saturated heterocycles. The summed E-state index contributed by atoms with van der Waals surface area (Å²) in [6, 6.07) is 13.4. The minimum Gasteiger partial charge on any atom is -0.496 e. The zero-order chi connectivity index (χ0) is 17.8. The molecule has 0 aliphatic carbocycles. The fraction of sp³-hybridized carbons (Fsp3) is 0.111. The van der Waals surface area contributed by atoms with Gasteiger partial charge in [0.15, 0.2) is 11.6 Å². The number of ether oxygens (including phenoxy) is 2. The number of aromatic nitrogens is 1. The van der Waals surface area contributed by atoms with Crippen molar-refractivity contribution in [2.75, 3.05) is 7.11 Å². The lowest BCUT2D eigenvalue weighted by atomic mass is 10.1. The number of hydrogen-bond acceptors (Lipinski definition) is 5. The van der Waals surface area contributed by atoms with Crippen LogP contribution in [-0.2, 0) is 6.61 Å². The zero-order valence-electron chi connectivity index (χ0n) is 13.2. The van der Waals surface area contributed by atoms with Crippen molar-refractivity contribution in [1.82, 2.24) is 5.16 Å². The molecule has 128 valence electrons. The third-order valence-corrected chi connectivity index (χ3v) is 3.50. The van der Waals surface area contributed by atoms with Gasteiger partial charge in [0.25, 0.3) is 0 Å². The van der Waals surface area contributed by atoms with Crippen LogP contribution in [0.4, 0.5) is 4.39 Å². The molecule has 1 aromatic heterocycles. The number of carboxylic acid groups (broad SMARTS) is 1. The second kappa shape index (κ2) is 7.04. The Hall–Kier alpha value is -3.35. The van der Waals surface area contributed by atoms with E-state index < -0.39 is 17.5 Å². The number of benzene rings is 2. The Morgan fingerprint density at radius 3 is 2.56 bits per heavy atom. The van der Waals surface area contributed by atoms with Crippen molar-refractivity contribution in [3.05, 3.63) is 65.7 Å². The molecule has 0 spiro atoms. The minimum absolute atomic E-state index is 0.000437. The molecule has 0 radical (unpaired) electrons. The van der Waals surface area contributed by atoms with Gasteiger partial charge in [-0.05, 0) is 17.7 Å². The Kier molecular flexibility index (Phi) is 4.65. The first kappa shape index (κ1) is 16.5. The first-order valence-electron chi connectivity index (χ1n) is 7.33. The highest BCUT2D eigenvalue weighted by Gasteiger charge is 2.22. The molecule has 0 aliphatic heterocycles. The summed E-state index contributed by atoms with van der Waals surface area (Å²) in [5.74, 6) is -2.21. The number of halogens is 1. The highest BCUT2D eigenvalue weighted by atomic mass is 19.1. The van der Waals surface area contributed by atoms with E-state index in [9.17, 15) is 9.18 Å². The van der Waals surface area contributed by atoms with Crippen LogP contribution >= 0.6 is 0 Å². The van der Waals surface area contributed by atoms with E-state index in [-0.39, 0.29) is 29.4 Å². The van der Waals surface area contributed by atoms with E-state index in [0.29, 0.717) is 0 Å². The first-order chi connectivity index (χ1) is 12.1. The molecule has 1 heterocycles. The summed E-state index contributed by atoms with van der Waals surface area (Å²) in [6.45, 7) is 0.183. The maximum atomic E-state index is 14.9. The van der Waals surface area contributed by atoms with Gasteiger partial charge in [0.05, 0.1) is 12.7 Å². The molecular weight excluding hydrogens is 329 g/mol. The largest absolute Gasteiger partial charge is 0.496 e. The molecule has 3 rings (SSSR count). The minimum atomic E-state index is -1.30. The van der Waals surface area contributed by atoms with Crippen molar-refractivity contribution in [2.24, 2.45) is 0 Å². The van der Waals surface area contributed by atoms with E-state index >= 15 is 0 Å². The number of methoxy groups -OCH3 is 1. The van der Waals surface area contributed by atoms with Gasteiger partial charge in [-0.1, -0.05) is 35.5 Å². The van der Waals surface area contributed by atoms with Crippen molar-refractivity contribution in [3.8, 4) is 22.8 Å². The molecule has 0 fully saturated rings. The predicted molar refractivity (Wildman–Crippen MR) is 86.2 cm³/mol. The van der Waals surface area contributed by atoms with E-state index in [1.165, 1.54) is 19.2 Å². The lowest BCUT2D eigenvalue weighted by Crippen LogP contribution is -2.00. The molecule has 0 aliphatic rings. The van der Waals surface area contributed by atoms with E-state index in [2.05, 4.69) is 5.16 Å². The van der Waals surface area contributed by atoms with Crippen molar-refractivity contribution in [1.29, 1.82) is 0 Å². The summed E-state index contributed by atoms with van der Waals surface area (Å²) in [5.41, 5.74) is 0.870. The molecule has 0 unspecified atom stereocenters. The van der Waals surface area contributed by atoms with Gasteiger partial charge in [-0.2, -0.15) is 0 Å². The summed E-state index contributed by atoms with van der Waals surface area (Å²) in [6.07, 6.45) is 0. The van der Waals surface area contributed by atoms with Crippen LogP contribution in [0.1, 0.15) is 16.1 Å². The van der Waals surface area contributed by atoms with Crippen LogP contribution < -0.4 is 9.47 Å². The lowest BCUT2D eigenvalue weighted by molar-refractivity contribution is 0.0652. The Morgan fingerprint density at radius 1 is 1.20 bits per heavy atom. The fourth-order valence-corrected chi connectivity index (χ4v) is 2.29. The van der Waals surface area contributed by atoms with Crippen molar-refractivity contribution in [3.63, 3.8) is 0 Å². The Balaban J connectivity index is 1.94. The average Bonchev–Trinajstić information content (AvgIpc) is 3.11. The molecule has 25 heavy (non-hydrogen) atoms. The predicted octanol–water partition coefficient (Wildman–Crippen LogP) is 3.77. The number of hydrogen-bond donors (Lipinski definition) is 1. The van der Waals surface area contributed by atoms with Crippen LogP contribution in [-0.4, -0.2) is 23.3 Å². The van der Waals surface area contributed by atoms with Crippen LogP contribution in [0.15, 0.2) is 53.1 Å². The number of rotatable bonds is 6. The zero-order valence-corrected chi connectivity index (χ0v) is 13.2. The third-order valence-electron chi connectivity index (χ3n) is 3.50. The Labute approximate surface area is 142 Å². The molecule has 2 aromatic carbocycles. The van der Waals surface area contributed by atoms with Crippen LogP contribution in [0.5, 0.6) is 11.5 Å². The molecule has 0 amide bonds. The lowest BCUT2D eigenvalue weighted by Gasteiger charge is -2.12. The van der Waals surface area contributed by atoms with Gasteiger partial charge in [0, 0.05) is 6.07 Å².